The van der Waals surface area contributed by atoms with E-state index in [9.17, 15) is 32.3 Å². The Kier molecular flexibility index (Phi) is 5.70. The number of imidazole rings is 1. The van der Waals surface area contributed by atoms with Crippen molar-refractivity contribution in [3.05, 3.63) is 46.1 Å². The fraction of sp³-hybridized carbons (Fsp3) is 0.300. The van der Waals surface area contributed by atoms with Crippen molar-refractivity contribution in [2.24, 2.45) is 7.05 Å². The van der Waals surface area contributed by atoms with Gasteiger partial charge in [0.25, 0.3) is 0 Å². The van der Waals surface area contributed by atoms with E-state index in [0.717, 1.165) is 40.5 Å². The summed E-state index contributed by atoms with van der Waals surface area (Å²) >= 11 is 0. The molecule has 166 valence electrons. The molecule has 1 N–H and O–H groups in total. The molecule has 2 aromatic carbocycles. The summed E-state index contributed by atoms with van der Waals surface area (Å²) in [6, 6.07) is 3.50. The maximum Gasteiger partial charge on any atom is 0.416 e. The molecule has 0 aliphatic heterocycles. The molecule has 0 spiro atoms. The molecule has 1 aromatic heterocycles. The number of halogens is 4. The summed E-state index contributed by atoms with van der Waals surface area (Å²) in [5, 5.41) is 9.73. The zero-order chi connectivity index (χ0) is 23.1. The molecule has 3 aromatic rings. The maximum atomic E-state index is 14.2. The van der Waals surface area contributed by atoms with Crippen LogP contribution in [0.5, 0.6) is 11.5 Å². The Bertz CT molecular complexity index is 1230. The van der Waals surface area contributed by atoms with E-state index in [1.807, 2.05) is 0 Å². The number of phenolic OH excluding ortho intramolecular Hbond substituents is 1. The maximum absolute atomic E-state index is 14.2. The summed E-state index contributed by atoms with van der Waals surface area (Å²) < 4.78 is 66.6. The van der Waals surface area contributed by atoms with E-state index in [0.29, 0.717) is 0 Å². The lowest BCUT2D eigenvalue weighted by atomic mass is 9.99. The van der Waals surface area contributed by atoms with E-state index in [2.05, 4.69) is 0 Å². The number of carbonyl (C=O) groups is 1. The highest BCUT2D eigenvalue weighted by atomic mass is 19.4. The Balaban J connectivity index is 2.40. The molecule has 31 heavy (non-hydrogen) atoms. The van der Waals surface area contributed by atoms with E-state index >= 15 is 0 Å². The van der Waals surface area contributed by atoms with Crippen LogP contribution < -0.4 is 10.4 Å². The average Bonchev–Trinajstić information content (AvgIpc) is 2.93. The first-order valence-electron chi connectivity index (χ1n) is 9.02. The van der Waals surface area contributed by atoms with Crippen molar-refractivity contribution in [1.82, 2.24) is 9.13 Å². The van der Waals surface area contributed by atoms with Gasteiger partial charge in [-0.25, -0.2) is 9.18 Å². The van der Waals surface area contributed by atoms with E-state index < -0.39 is 41.5 Å². The van der Waals surface area contributed by atoms with Crippen molar-refractivity contribution in [2.45, 2.75) is 19.6 Å². The summed E-state index contributed by atoms with van der Waals surface area (Å²) in [5.74, 6) is -3.01. The minimum absolute atomic E-state index is 0.0317. The average molecular weight is 442 g/mol. The van der Waals surface area contributed by atoms with E-state index in [-0.39, 0.29) is 34.5 Å². The van der Waals surface area contributed by atoms with Crippen LogP contribution in [0.3, 0.4) is 0 Å². The first kappa shape index (κ1) is 22.2. The largest absolute Gasteiger partial charge is 0.502 e. The molecule has 0 saturated carbocycles. The molecule has 11 heteroatoms. The molecular formula is C20H18F4N2O5. The van der Waals surface area contributed by atoms with Gasteiger partial charge in [0.2, 0.25) is 0 Å². The van der Waals surface area contributed by atoms with Crippen molar-refractivity contribution >= 4 is 17.0 Å². The van der Waals surface area contributed by atoms with Crippen LogP contribution >= 0.6 is 0 Å². The molecule has 0 unspecified atom stereocenters. The van der Waals surface area contributed by atoms with Crippen molar-refractivity contribution < 1.29 is 36.9 Å². The minimum Gasteiger partial charge on any atom is -0.502 e. The first-order valence-corrected chi connectivity index (χ1v) is 9.02. The monoisotopic (exact) mass is 442 g/mol. The molecule has 0 fully saturated rings. The van der Waals surface area contributed by atoms with Crippen molar-refractivity contribution in [3.63, 3.8) is 0 Å². The molecule has 3 rings (SSSR count). The van der Waals surface area contributed by atoms with Gasteiger partial charge >= 0.3 is 17.8 Å². The predicted molar refractivity (Wildman–Crippen MR) is 102 cm³/mol. The zero-order valence-corrected chi connectivity index (χ0v) is 16.7. The van der Waals surface area contributed by atoms with Gasteiger partial charge in [0.05, 0.1) is 30.3 Å². The molecule has 1 heterocycles. The molecule has 0 radical (unpaired) electrons. The quantitative estimate of drug-likeness (QED) is 0.484. The van der Waals surface area contributed by atoms with Gasteiger partial charge in [0.1, 0.15) is 6.54 Å². The second-order valence-electron chi connectivity index (χ2n) is 6.63. The lowest BCUT2D eigenvalue weighted by Crippen LogP contribution is -2.26. The molecule has 0 bridgehead atoms. The standard InChI is InChI=1S/C20H18F4N2O5/c1-4-31-16(27)9-26-14-8-11(20(22,23)24)7-12(17(14)25(2)19(26)29)10-5-13(21)18(28)15(6-10)30-3/h5-8,28H,4,9H2,1-3H3. The topological polar surface area (TPSA) is 82.7 Å². The summed E-state index contributed by atoms with van der Waals surface area (Å²) in [7, 11) is 2.47. The second-order valence-corrected chi connectivity index (χ2v) is 6.63. The highest BCUT2D eigenvalue weighted by Gasteiger charge is 2.33. The summed E-state index contributed by atoms with van der Waals surface area (Å²) in [6.45, 7) is 0.985. The number of rotatable bonds is 5. The molecule has 0 aliphatic rings. The first-order chi connectivity index (χ1) is 14.5. The molecule has 7 nitrogen and oxygen atoms in total. The van der Waals surface area contributed by atoms with Gasteiger partial charge in [0, 0.05) is 12.6 Å². The van der Waals surface area contributed by atoms with E-state index in [1.54, 1.807) is 6.92 Å². The summed E-state index contributed by atoms with van der Waals surface area (Å²) in [6.07, 6.45) is -4.79. The Hall–Kier alpha value is -3.50. The van der Waals surface area contributed by atoms with Crippen LogP contribution in [-0.2, 0) is 29.3 Å². The van der Waals surface area contributed by atoms with Crippen LogP contribution in [0.2, 0.25) is 0 Å². The van der Waals surface area contributed by atoms with E-state index in [1.165, 1.54) is 7.05 Å². The number of methoxy groups -OCH3 is 1. The van der Waals surface area contributed by atoms with Crippen LogP contribution in [0.25, 0.3) is 22.2 Å². The smallest absolute Gasteiger partial charge is 0.416 e. The number of ether oxygens (including phenoxy) is 2. The normalized spacial score (nSPS) is 11.7. The van der Waals surface area contributed by atoms with Crippen LogP contribution in [0.1, 0.15) is 12.5 Å². The Labute approximate surface area is 173 Å². The second kappa shape index (κ2) is 7.97. The number of phenols is 1. The van der Waals surface area contributed by atoms with Crippen LogP contribution in [-0.4, -0.2) is 33.9 Å². The molecule has 0 aliphatic carbocycles. The SMILES string of the molecule is CCOC(=O)Cn1c(=O)n(C)c2c(-c3cc(F)c(O)c(OC)c3)cc(C(F)(F)F)cc21. The molecule has 0 amide bonds. The molecule has 0 saturated heterocycles. The number of esters is 1. The highest BCUT2D eigenvalue weighted by Crippen LogP contribution is 2.40. The highest BCUT2D eigenvalue weighted by molar-refractivity contribution is 5.94. The van der Waals surface area contributed by atoms with Gasteiger partial charge in [-0.15, -0.1) is 0 Å². The lowest BCUT2D eigenvalue weighted by Gasteiger charge is -2.14. The zero-order valence-electron chi connectivity index (χ0n) is 16.7. The van der Waals surface area contributed by atoms with Gasteiger partial charge in [-0.3, -0.25) is 13.9 Å². The third-order valence-corrected chi connectivity index (χ3v) is 4.71. The Morgan fingerprint density at radius 1 is 1.19 bits per heavy atom. The van der Waals surface area contributed by atoms with Crippen LogP contribution in [0, 0.1) is 5.82 Å². The number of carbonyl (C=O) groups excluding carboxylic acids is 1. The van der Waals surface area contributed by atoms with Crippen molar-refractivity contribution in [2.75, 3.05) is 13.7 Å². The number of hydrogen-bond donors (Lipinski definition) is 1. The summed E-state index contributed by atoms with van der Waals surface area (Å²) in [5.41, 5.74) is -2.20. The number of hydrogen-bond acceptors (Lipinski definition) is 5. The third-order valence-electron chi connectivity index (χ3n) is 4.71. The van der Waals surface area contributed by atoms with Crippen molar-refractivity contribution in [3.8, 4) is 22.6 Å². The number of aromatic nitrogens is 2. The summed E-state index contributed by atoms with van der Waals surface area (Å²) in [4.78, 5) is 24.6. The third kappa shape index (κ3) is 3.94. The fourth-order valence-corrected chi connectivity index (χ4v) is 3.31. The lowest BCUT2D eigenvalue weighted by molar-refractivity contribution is -0.143. The number of alkyl halides is 3. The number of fused-ring (bicyclic) bond motifs is 1. The number of aryl methyl sites for hydroxylation is 1. The van der Waals surface area contributed by atoms with Crippen molar-refractivity contribution in [1.29, 1.82) is 0 Å². The van der Waals surface area contributed by atoms with Gasteiger partial charge in [-0.2, -0.15) is 13.2 Å². The van der Waals surface area contributed by atoms with Crippen LogP contribution in [0.15, 0.2) is 29.1 Å². The van der Waals surface area contributed by atoms with Crippen LogP contribution in [0.4, 0.5) is 17.6 Å². The van der Waals surface area contributed by atoms with Gasteiger partial charge in [-0.05, 0) is 36.8 Å². The number of benzene rings is 2. The number of nitrogens with zero attached hydrogens (tertiary/aromatic N) is 2. The number of aromatic hydroxyl groups is 1. The van der Waals surface area contributed by atoms with Gasteiger partial charge < -0.3 is 14.6 Å². The van der Waals surface area contributed by atoms with Gasteiger partial charge in [-0.1, -0.05) is 0 Å². The molecular weight excluding hydrogens is 424 g/mol. The minimum atomic E-state index is -4.79. The predicted octanol–water partition coefficient (Wildman–Crippen LogP) is 3.44. The Morgan fingerprint density at radius 3 is 2.45 bits per heavy atom. The van der Waals surface area contributed by atoms with E-state index in [4.69, 9.17) is 9.47 Å². The van der Waals surface area contributed by atoms with Gasteiger partial charge in [0.15, 0.2) is 17.3 Å². The molecule has 0 atom stereocenters. The Morgan fingerprint density at radius 2 is 1.87 bits per heavy atom. The fourth-order valence-electron chi connectivity index (χ4n) is 3.31.